The van der Waals surface area contributed by atoms with Crippen LogP contribution < -0.4 is 5.56 Å². The second-order valence-electron chi connectivity index (χ2n) is 3.60. The van der Waals surface area contributed by atoms with Crippen LogP contribution in [0.5, 0.6) is 0 Å². The first-order valence-corrected chi connectivity index (χ1v) is 6.02. The van der Waals surface area contributed by atoms with Crippen molar-refractivity contribution in [1.82, 2.24) is 4.98 Å². The molecule has 0 amide bonds. The van der Waals surface area contributed by atoms with Crippen LogP contribution in [0.25, 0.3) is 10.6 Å². The maximum atomic E-state index is 11.7. The second kappa shape index (κ2) is 4.97. The van der Waals surface area contributed by atoms with Gasteiger partial charge in [0.2, 0.25) is 0 Å². The lowest BCUT2D eigenvalue weighted by Crippen LogP contribution is -2.14. The molecule has 2 heterocycles. The molecular formula is C12H11NO3S. The fraction of sp³-hybridized carbons (Fsp3) is 0.167. The first kappa shape index (κ1) is 11.6. The topological polar surface area (TPSA) is 70.2 Å². The molecule has 0 bridgehead atoms. The largest absolute Gasteiger partial charge is 0.481 e. The number of rotatable bonds is 4. The van der Waals surface area contributed by atoms with E-state index in [9.17, 15) is 9.59 Å². The number of aliphatic carboxylic acids is 1. The summed E-state index contributed by atoms with van der Waals surface area (Å²) in [4.78, 5) is 25.9. The summed E-state index contributed by atoms with van der Waals surface area (Å²) in [5, 5.41) is 10.5. The van der Waals surface area contributed by atoms with Crippen molar-refractivity contribution in [2.24, 2.45) is 0 Å². The monoisotopic (exact) mass is 249 g/mol. The Balaban J connectivity index is 2.23. The lowest BCUT2D eigenvalue weighted by Gasteiger charge is -2.01. The highest BCUT2D eigenvalue weighted by molar-refractivity contribution is 7.13. The van der Waals surface area contributed by atoms with Crippen molar-refractivity contribution >= 4 is 17.3 Å². The van der Waals surface area contributed by atoms with E-state index in [1.54, 1.807) is 17.4 Å². The highest BCUT2D eigenvalue weighted by Gasteiger charge is 2.05. The second-order valence-corrected chi connectivity index (χ2v) is 4.55. The highest BCUT2D eigenvalue weighted by atomic mass is 32.1. The van der Waals surface area contributed by atoms with Gasteiger partial charge in [-0.25, -0.2) is 0 Å². The molecule has 0 aliphatic rings. The third-order valence-corrected chi connectivity index (χ3v) is 3.29. The van der Waals surface area contributed by atoms with Gasteiger partial charge in [-0.15, -0.1) is 11.3 Å². The van der Waals surface area contributed by atoms with Crippen LogP contribution in [-0.4, -0.2) is 16.1 Å². The third kappa shape index (κ3) is 2.82. The minimum atomic E-state index is -0.897. The van der Waals surface area contributed by atoms with Gasteiger partial charge in [-0.2, -0.15) is 0 Å². The number of aromatic nitrogens is 1. The highest BCUT2D eigenvalue weighted by Crippen LogP contribution is 2.21. The minimum absolute atomic E-state index is 0.0264. The number of hydrogen-bond donors (Lipinski definition) is 2. The molecule has 5 heteroatoms. The summed E-state index contributed by atoms with van der Waals surface area (Å²) in [5.41, 5.74) is 1.06. The van der Waals surface area contributed by atoms with Crippen LogP contribution in [-0.2, 0) is 11.2 Å². The Labute approximate surface area is 102 Å². The molecule has 88 valence electrons. The number of nitrogens with one attached hydrogen (secondary N) is 1. The number of hydrogen-bond acceptors (Lipinski definition) is 3. The lowest BCUT2D eigenvalue weighted by atomic mass is 10.1. The van der Waals surface area contributed by atoms with Crippen molar-refractivity contribution in [2.75, 3.05) is 0 Å². The molecule has 0 unspecified atom stereocenters. The molecule has 2 N–H and O–H groups in total. The van der Waals surface area contributed by atoms with E-state index in [1.807, 2.05) is 23.6 Å². The molecule has 0 saturated heterocycles. The molecule has 0 atom stereocenters. The van der Waals surface area contributed by atoms with E-state index >= 15 is 0 Å². The van der Waals surface area contributed by atoms with Crippen LogP contribution in [0, 0.1) is 0 Å². The molecule has 4 nitrogen and oxygen atoms in total. The SMILES string of the molecule is O=C(O)CCc1ccc(-c2cccs2)[nH]c1=O. The summed E-state index contributed by atoms with van der Waals surface area (Å²) in [6.07, 6.45) is 0.233. The van der Waals surface area contributed by atoms with Gasteiger partial charge in [0.15, 0.2) is 0 Å². The Morgan fingerprint density at radius 1 is 1.35 bits per heavy atom. The number of aromatic amines is 1. The Morgan fingerprint density at radius 2 is 2.18 bits per heavy atom. The molecule has 0 aliphatic heterocycles. The first-order chi connectivity index (χ1) is 8.16. The predicted octanol–water partition coefficient (Wildman–Crippen LogP) is 2.12. The number of aryl methyl sites for hydroxylation is 1. The van der Waals surface area contributed by atoms with Crippen LogP contribution in [0.15, 0.2) is 34.4 Å². The van der Waals surface area contributed by atoms with E-state index in [0.717, 1.165) is 10.6 Å². The maximum absolute atomic E-state index is 11.7. The molecule has 17 heavy (non-hydrogen) atoms. The van der Waals surface area contributed by atoms with Crippen LogP contribution >= 0.6 is 11.3 Å². The van der Waals surface area contributed by atoms with Gasteiger partial charge in [0, 0.05) is 12.0 Å². The average Bonchev–Trinajstić information content (AvgIpc) is 2.80. The molecular weight excluding hydrogens is 238 g/mol. The summed E-state index contributed by atoms with van der Waals surface area (Å²) in [5.74, 6) is -0.897. The van der Waals surface area contributed by atoms with Crippen LogP contribution in [0.3, 0.4) is 0 Å². The predicted molar refractivity (Wildman–Crippen MR) is 66.3 cm³/mol. The fourth-order valence-electron chi connectivity index (χ4n) is 1.52. The summed E-state index contributed by atoms with van der Waals surface area (Å²) >= 11 is 1.54. The normalized spacial score (nSPS) is 10.4. The Morgan fingerprint density at radius 3 is 2.76 bits per heavy atom. The molecule has 0 radical (unpaired) electrons. The van der Waals surface area contributed by atoms with Crippen LogP contribution in [0.2, 0.25) is 0 Å². The standard InChI is InChI=1S/C12H11NO3S/c14-11(15)6-4-8-3-5-9(13-12(8)16)10-2-1-7-17-10/h1-3,5,7H,4,6H2,(H,13,16)(H,14,15). The summed E-state index contributed by atoms with van der Waals surface area (Å²) in [7, 11) is 0. The number of thiophene rings is 1. The van der Waals surface area contributed by atoms with Gasteiger partial charge >= 0.3 is 5.97 Å². The molecule has 0 spiro atoms. The maximum Gasteiger partial charge on any atom is 0.303 e. The number of carboxylic acid groups (broad SMARTS) is 1. The Kier molecular flexibility index (Phi) is 3.39. The zero-order valence-electron chi connectivity index (χ0n) is 8.97. The first-order valence-electron chi connectivity index (χ1n) is 5.14. The minimum Gasteiger partial charge on any atom is -0.481 e. The van der Waals surface area contributed by atoms with Gasteiger partial charge in [0.05, 0.1) is 10.6 Å². The van der Waals surface area contributed by atoms with Gasteiger partial charge in [-0.3, -0.25) is 9.59 Å². The van der Waals surface area contributed by atoms with Gasteiger partial charge in [0.25, 0.3) is 5.56 Å². The molecule has 0 fully saturated rings. The Bertz CT molecular complexity index is 572. The number of carbonyl (C=O) groups is 1. The summed E-state index contributed by atoms with van der Waals surface area (Å²) in [6.45, 7) is 0. The van der Waals surface area contributed by atoms with Gasteiger partial charge < -0.3 is 10.1 Å². The van der Waals surface area contributed by atoms with Crippen molar-refractivity contribution in [3.05, 3.63) is 45.6 Å². The molecule has 0 aliphatic carbocycles. The van der Waals surface area contributed by atoms with Crippen molar-refractivity contribution in [1.29, 1.82) is 0 Å². The molecule has 2 rings (SSSR count). The van der Waals surface area contributed by atoms with Crippen molar-refractivity contribution < 1.29 is 9.90 Å². The van der Waals surface area contributed by atoms with Crippen molar-refractivity contribution in [3.8, 4) is 10.6 Å². The van der Waals surface area contributed by atoms with E-state index in [0.29, 0.717) is 5.56 Å². The molecule has 0 saturated carbocycles. The molecule has 0 aromatic carbocycles. The van der Waals surface area contributed by atoms with Gasteiger partial charge in [0.1, 0.15) is 0 Å². The molecule has 2 aromatic rings. The smallest absolute Gasteiger partial charge is 0.303 e. The quantitative estimate of drug-likeness (QED) is 0.872. The third-order valence-electron chi connectivity index (χ3n) is 2.39. The van der Waals surface area contributed by atoms with E-state index in [1.165, 1.54) is 0 Å². The lowest BCUT2D eigenvalue weighted by molar-refractivity contribution is -0.136. The van der Waals surface area contributed by atoms with E-state index in [2.05, 4.69) is 4.98 Å². The average molecular weight is 249 g/mol. The fourth-order valence-corrected chi connectivity index (χ4v) is 2.22. The molecule has 2 aromatic heterocycles. The van der Waals surface area contributed by atoms with Gasteiger partial charge in [-0.05, 0) is 23.9 Å². The van der Waals surface area contributed by atoms with Gasteiger partial charge in [-0.1, -0.05) is 12.1 Å². The number of pyridine rings is 1. The number of carboxylic acids is 1. The van der Waals surface area contributed by atoms with Crippen molar-refractivity contribution in [2.45, 2.75) is 12.8 Å². The summed E-state index contributed by atoms with van der Waals surface area (Å²) < 4.78 is 0. The van der Waals surface area contributed by atoms with E-state index in [4.69, 9.17) is 5.11 Å². The van der Waals surface area contributed by atoms with Crippen LogP contribution in [0.4, 0.5) is 0 Å². The Hall–Kier alpha value is -1.88. The van der Waals surface area contributed by atoms with Crippen molar-refractivity contribution in [3.63, 3.8) is 0 Å². The zero-order valence-corrected chi connectivity index (χ0v) is 9.79. The summed E-state index contributed by atoms with van der Waals surface area (Å²) in [6, 6.07) is 7.34. The van der Waals surface area contributed by atoms with E-state index in [-0.39, 0.29) is 18.4 Å². The van der Waals surface area contributed by atoms with E-state index < -0.39 is 5.97 Å². The van der Waals surface area contributed by atoms with Crippen LogP contribution in [0.1, 0.15) is 12.0 Å². The number of H-pyrrole nitrogens is 1. The zero-order chi connectivity index (χ0) is 12.3.